The van der Waals surface area contributed by atoms with Gasteiger partial charge in [0, 0.05) is 0 Å². The largest absolute Gasteiger partial charge is 0.458 e. The van der Waals surface area contributed by atoms with Gasteiger partial charge in [-0.3, -0.25) is 4.79 Å². The van der Waals surface area contributed by atoms with Crippen molar-refractivity contribution >= 4 is 5.97 Å². The molecule has 1 rings (SSSR count). The molecule has 0 aromatic heterocycles. The number of carbonyl (C=O) groups excluding carboxylic acids is 1. The summed E-state index contributed by atoms with van der Waals surface area (Å²) < 4.78 is 5.49. The van der Waals surface area contributed by atoms with E-state index in [0.29, 0.717) is 0 Å². The second kappa shape index (κ2) is 8.39. The van der Waals surface area contributed by atoms with E-state index < -0.39 is 0 Å². The van der Waals surface area contributed by atoms with Crippen LogP contribution in [0.2, 0.25) is 0 Å². The average molecular weight is 266 g/mol. The molecule has 1 saturated heterocycles. The molecule has 110 valence electrons. The number of allylic oxidation sites excluding steroid dienone is 1. The minimum atomic E-state index is -0.116. The summed E-state index contributed by atoms with van der Waals surface area (Å²) in [5.41, 5.74) is -0.116. The lowest BCUT2D eigenvalue weighted by Crippen LogP contribution is -2.57. The van der Waals surface area contributed by atoms with Crippen molar-refractivity contribution in [3.8, 4) is 0 Å². The first-order valence-electron chi connectivity index (χ1n) is 8.04. The van der Waals surface area contributed by atoms with Crippen molar-refractivity contribution in [2.45, 2.75) is 83.7 Å². The molecular weight excluding hydrogens is 236 g/mol. The van der Waals surface area contributed by atoms with Gasteiger partial charge in [-0.1, -0.05) is 52.0 Å². The fourth-order valence-corrected chi connectivity index (χ4v) is 3.19. The summed E-state index contributed by atoms with van der Waals surface area (Å²) in [5.74, 6) is 0.215. The molecule has 1 fully saturated rings. The Labute approximate surface area is 118 Å². The van der Waals surface area contributed by atoms with Crippen LogP contribution in [-0.4, -0.2) is 11.6 Å². The van der Waals surface area contributed by atoms with E-state index in [1.807, 2.05) is 6.08 Å². The lowest BCUT2D eigenvalue weighted by Gasteiger charge is -2.47. The number of esters is 1. The number of ether oxygens (including phenoxy) is 1. The lowest BCUT2D eigenvalue weighted by atomic mass is 9.74. The van der Waals surface area contributed by atoms with Crippen LogP contribution in [-0.2, 0) is 9.53 Å². The third-order valence-electron chi connectivity index (χ3n) is 4.40. The molecule has 2 heteroatoms. The summed E-state index contributed by atoms with van der Waals surface area (Å²) in [6.07, 6.45) is 13.5. The molecule has 2 unspecified atom stereocenters. The van der Waals surface area contributed by atoms with Crippen molar-refractivity contribution in [1.29, 1.82) is 0 Å². The zero-order valence-electron chi connectivity index (χ0n) is 12.7. The topological polar surface area (TPSA) is 26.3 Å². The number of unbranched alkanes of at least 4 members (excludes halogenated alkanes) is 5. The van der Waals surface area contributed by atoms with Gasteiger partial charge in [-0.05, 0) is 32.1 Å². The molecule has 0 aliphatic carbocycles. The Kier molecular flexibility index (Phi) is 7.19. The van der Waals surface area contributed by atoms with Crippen molar-refractivity contribution < 1.29 is 9.53 Å². The molecule has 1 aliphatic rings. The molecule has 0 amide bonds. The Bertz CT molecular complexity index is 285. The molecule has 1 aliphatic heterocycles. The third kappa shape index (κ3) is 4.36. The van der Waals surface area contributed by atoms with Gasteiger partial charge in [0.05, 0.1) is 5.92 Å². The van der Waals surface area contributed by atoms with E-state index in [1.165, 1.54) is 32.1 Å². The molecule has 19 heavy (non-hydrogen) atoms. The van der Waals surface area contributed by atoms with Crippen molar-refractivity contribution in [2.24, 2.45) is 5.92 Å². The van der Waals surface area contributed by atoms with E-state index >= 15 is 0 Å². The standard InChI is InChI=1S/C17H30O2/c1-4-7-8-9-10-11-12-13-15-16(18)19-17(15,6-3)14-5-2/h4,15H,1,5-14H2,2-3H3. The fourth-order valence-electron chi connectivity index (χ4n) is 3.19. The van der Waals surface area contributed by atoms with Gasteiger partial charge in [-0.25, -0.2) is 0 Å². The second-order valence-corrected chi connectivity index (χ2v) is 5.78. The third-order valence-corrected chi connectivity index (χ3v) is 4.40. The molecule has 2 atom stereocenters. The summed E-state index contributed by atoms with van der Waals surface area (Å²) in [7, 11) is 0. The van der Waals surface area contributed by atoms with Gasteiger partial charge < -0.3 is 4.74 Å². The van der Waals surface area contributed by atoms with Crippen molar-refractivity contribution in [1.82, 2.24) is 0 Å². The lowest BCUT2D eigenvalue weighted by molar-refractivity contribution is -0.217. The van der Waals surface area contributed by atoms with Crippen molar-refractivity contribution in [2.75, 3.05) is 0 Å². The Morgan fingerprint density at radius 1 is 1.21 bits per heavy atom. The molecular formula is C17H30O2. The van der Waals surface area contributed by atoms with E-state index in [9.17, 15) is 4.79 Å². The zero-order chi connectivity index (χ0) is 14.1. The monoisotopic (exact) mass is 266 g/mol. The first-order chi connectivity index (χ1) is 9.20. The van der Waals surface area contributed by atoms with Crippen LogP contribution in [0.1, 0.15) is 78.1 Å². The van der Waals surface area contributed by atoms with Gasteiger partial charge in [0.1, 0.15) is 5.60 Å². The van der Waals surface area contributed by atoms with Gasteiger partial charge in [0.2, 0.25) is 0 Å². The first kappa shape index (κ1) is 16.3. The highest BCUT2D eigenvalue weighted by Crippen LogP contribution is 2.43. The maximum absolute atomic E-state index is 11.7. The summed E-state index contributed by atoms with van der Waals surface area (Å²) in [6.45, 7) is 8.05. The Hall–Kier alpha value is -0.790. The summed E-state index contributed by atoms with van der Waals surface area (Å²) in [4.78, 5) is 11.7. The maximum atomic E-state index is 11.7. The van der Waals surface area contributed by atoms with Crippen LogP contribution in [0.3, 0.4) is 0 Å². The molecule has 0 aromatic rings. The number of hydrogen-bond donors (Lipinski definition) is 0. The van der Waals surface area contributed by atoms with Crippen LogP contribution in [0.4, 0.5) is 0 Å². The molecule has 0 N–H and O–H groups in total. The highest BCUT2D eigenvalue weighted by atomic mass is 16.6. The highest BCUT2D eigenvalue weighted by Gasteiger charge is 2.53. The second-order valence-electron chi connectivity index (χ2n) is 5.78. The van der Waals surface area contributed by atoms with Crippen LogP contribution in [0.15, 0.2) is 12.7 Å². The molecule has 2 nitrogen and oxygen atoms in total. The van der Waals surface area contributed by atoms with Crippen LogP contribution in [0.25, 0.3) is 0 Å². The van der Waals surface area contributed by atoms with Crippen LogP contribution in [0.5, 0.6) is 0 Å². The van der Waals surface area contributed by atoms with Gasteiger partial charge in [-0.15, -0.1) is 6.58 Å². The smallest absolute Gasteiger partial charge is 0.313 e. The molecule has 0 aromatic carbocycles. The molecule has 0 spiro atoms. The summed E-state index contributed by atoms with van der Waals surface area (Å²) in [5, 5.41) is 0. The van der Waals surface area contributed by atoms with E-state index in [4.69, 9.17) is 4.74 Å². The Morgan fingerprint density at radius 2 is 1.89 bits per heavy atom. The van der Waals surface area contributed by atoms with Gasteiger partial charge in [-0.2, -0.15) is 0 Å². The number of carbonyl (C=O) groups is 1. The molecule has 0 saturated carbocycles. The van der Waals surface area contributed by atoms with Gasteiger partial charge in [0.15, 0.2) is 0 Å². The van der Waals surface area contributed by atoms with Gasteiger partial charge >= 0.3 is 5.97 Å². The summed E-state index contributed by atoms with van der Waals surface area (Å²) >= 11 is 0. The van der Waals surface area contributed by atoms with Crippen molar-refractivity contribution in [3.05, 3.63) is 12.7 Å². The molecule has 0 bridgehead atoms. The minimum Gasteiger partial charge on any atom is -0.458 e. The van der Waals surface area contributed by atoms with E-state index in [-0.39, 0.29) is 17.5 Å². The quantitative estimate of drug-likeness (QED) is 0.298. The van der Waals surface area contributed by atoms with E-state index in [1.54, 1.807) is 0 Å². The predicted molar refractivity (Wildman–Crippen MR) is 80.0 cm³/mol. The predicted octanol–water partition coefficient (Wildman–Crippen LogP) is 5.03. The summed E-state index contributed by atoms with van der Waals surface area (Å²) in [6, 6.07) is 0. The van der Waals surface area contributed by atoms with E-state index in [0.717, 1.165) is 32.1 Å². The average Bonchev–Trinajstić information content (AvgIpc) is 2.41. The SMILES string of the molecule is C=CCCCCCCCC1C(=O)OC1(CC)CCC. The van der Waals surface area contributed by atoms with E-state index in [2.05, 4.69) is 20.4 Å². The minimum absolute atomic E-state index is 0.0435. The normalized spacial score (nSPS) is 25.8. The molecule has 1 heterocycles. The van der Waals surface area contributed by atoms with Crippen LogP contribution >= 0.6 is 0 Å². The maximum Gasteiger partial charge on any atom is 0.313 e. The van der Waals surface area contributed by atoms with Gasteiger partial charge in [0.25, 0.3) is 0 Å². The number of hydrogen-bond acceptors (Lipinski definition) is 2. The first-order valence-corrected chi connectivity index (χ1v) is 8.04. The van der Waals surface area contributed by atoms with Crippen LogP contribution in [0, 0.1) is 5.92 Å². The highest BCUT2D eigenvalue weighted by molar-refractivity contribution is 5.80. The Balaban J connectivity index is 2.20. The fraction of sp³-hybridized carbons (Fsp3) is 0.824. The van der Waals surface area contributed by atoms with Crippen molar-refractivity contribution in [3.63, 3.8) is 0 Å². The number of cyclic esters (lactones) is 1. The van der Waals surface area contributed by atoms with Crippen LogP contribution < -0.4 is 0 Å². The molecule has 0 radical (unpaired) electrons. The Morgan fingerprint density at radius 3 is 2.47 bits per heavy atom. The number of rotatable bonds is 11. The zero-order valence-corrected chi connectivity index (χ0v) is 12.7.